The monoisotopic (exact) mass is 380 g/mol. The SMILES string of the molecule is COc1nccc(-c2ccc3nc(C4CC(N5CCC[C@@H]5C)C4)sc3c2)n1. The summed E-state index contributed by atoms with van der Waals surface area (Å²) in [6, 6.07) is 10.2. The normalized spacial score (nSPS) is 25.6. The van der Waals surface area contributed by atoms with Gasteiger partial charge in [0.05, 0.1) is 28.0 Å². The average molecular weight is 381 g/mol. The van der Waals surface area contributed by atoms with Crippen LogP contribution < -0.4 is 4.74 Å². The summed E-state index contributed by atoms with van der Waals surface area (Å²) >= 11 is 1.84. The lowest BCUT2D eigenvalue weighted by Gasteiger charge is -2.42. The van der Waals surface area contributed by atoms with E-state index in [0.29, 0.717) is 11.9 Å². The smallest absolute Gasteiger partial charge is 0.316 e. The lowest BCUT2D eigenvalue weighted by molar-refractivity contribution is 0.103. The van der Waals surface area contributed by atoms with Gasteiger partial charge < -0.3 is 4.74 Å². The van der Waals surface area contributed by atoms with E-state index in [9.17, 15) is 0 Å². The van der Waals surface area contributed by atoms with Crippen molar-refractivity contribution in [3.63, 3.8) is 0 Å². The van der Waals surface area contributed by atoms with Crippen LogP contribution in [-0.4, -0.2) is 45.6 Å². The number of benzene rings is 1. The molecule has 0 N–H and O–H groups in total. The lowest BCUT2D eigenvalue weighted by atomic mass is 9.79. The fourth-order valence-corrected chi connectivity index (χ4v) is 5.57. The number of ether oxygens (including phenoxy) is 1. The van der Waals surface area contributed by atoms with E-state index < -0.39 is 0 Å². The molecule has 2 aromatic heterocycles. The third-order valence-electron chi connectivity index (χ3n) is 6.05. The van der Waals surface area contributed by atoms with Gasteiger partial charge in [-0.1, -0.05) is 6.07 Å². The molecule has 3 aromatic rings. The molecule has 0 radical (unpaired) electrons. The van der Waals surface area contributed by atoms with Gasteiger partial charge in [0, 0.05) is 29.8 Å². The molecule has 1 atom stereocenters. The topological polar surface area (TPSA) is 51.1 Å². The van der Waals surface area contributed by atoms with E-state index in [2.05, 4.69) is 40.0 Å². The zero-order valence-corrected chi connectivity index (χ0v) is 16.6. The highest BCUT2D eigenvalue weighted by Gasteiger charge is 2.39. The van der Waals surface area contributed by atoms with Crippen molar-refractivity contribution in [3.8, 4) is 17.3 Å². The number of nitrogens with zero attached hydrogens (tertiary/aromatic N) is 4. The quantitative estimate of drug-likeness (QED) is 0.667. The Morgan fingerprint density at radius 2 is 2.07 bits per heavy atom. The highest BCUT2D eigenvalue weighted by Crippen LogP contribution is 2.44. The molecule has 1 aliphatic heterocycles. The first kappa shape index (κ1) is 17.1. The van der Waals surface area contributed by atoms with Crippen LogP contribution in [0.1, 0.15) is 43.5 Å². The lowest BCUT2D eigenvalue weighted by Crippen LogP contribution is -2.45. The Morgan fingerprint density at radius 1 is 1.19 bits per heavy atom. The van der Waals surface area contributed by atoms with Gasteiger partial charge in [0.1, 0.15) is 0 Å². The Balaban J connectivity index is 1.35. The Hall–Kier alpha value is -2.05. The Labute approximate surface area is 163 Å². The number of methoxy groups -OCH3 is 1. The molecule has 2 fully saturated rings. The zero-order valence-electron chi connectivity index (χ0n) is 15.8. The van der Waals surface area contributed by atoms with E-state index in [1.54, 1.807) is 13.3 Å². The fraction of sp³-hybridized carbons (Fsp3) is 0.476. The van der Waals surface area contributed by atoms with Crippen molar-refractivity contribution >= 4 is 21.6 Å². The first-order valence-corrected chi connectivity index (χ1v) is 10.6. The van der Waals surface area contributed by atoms with Crippen LogP contribution in [0.25, 0.3) is 21.5 Å². The molecule has 0 amide bonds. The third-order valence-corrected chi connectivity index (χ3v) is 7.23. The van der Waals surface area contributed by atoms with Crippen LogP contribution in [0.15, 0.2) is 30.5 Å². The van der Waals surface area contributed by atoms with Gasteiger partial charge >= 0.3 is 6.01 Å². The molecule has 2 aliphatic rings. The molecule has 1 aromatic carbocycles. The molecule has 3 heterocycles. The van der Waals surface area contributed by atoms with E-state index in [1.807, 2.05) is 17.4 Å². The number of hydrogen-bond acceptors (Lipinski definition) is 6. The average Bonchev–Trinajstić information content (AvgIpc) is 3.26. The second kappa shape index (κ2) is 6.84. The predicted octanol–water partition coefficient (Wildman–Crippen LogP) is 4.49. The molecular weight excluding hydrogens is 356 g/mol. The van der Waals surface area contributed by atoms with E-state index >= 15 is 0 Å². The largest absolute Gasteiger partial charge is 0.467 e. The summed E-state index contributed by atoms with van der Waals surface area (Å²) in [6.45, 7) is 3.66. The van der Waals surface area contributed by atoms with Gasteiger partial charge in [-0.15, -0.1) is 11.3 Å². The molecule has 0 spiro atoms. The van der Waals surface area contributed by atoms with Crippen molar-refractivity contribution in [3.05, 3.63) is 35.5 Å². The van der Waals surface area contributed by atoms with Crippen LogP contribution >= 0.6 is 11.3 Å². The predicted molar refractivity (Wildman–Crippen MR) is 108 cm³/mol. The second-order valence-electron chi connectivity index (χ2n) is 7.71. The van der Waals surface area contributed by atoms with Gasteiger partial charge in [0.25, 0.3) is 0 Å². The molecule has 5 nitrogen and oxygen atoms in total. The van der Waals surface area contributed by atoms with Crippen LogP contribution in [-0.2, 0) is 0 Å². The molecule has 1 aliphatic carbocycles. The maximum Gasteiger partial charge on any atom is 0.316 e. The second-order valence-corrected chi connectivity index (χ2v) is 8.78. The number of likely N-dealkylation sites (tertiary alicyclic amines) is 1. The summed E-state index contributed by atoms with van der Waals surface area (Å²) in [5, 5.41) is 1.30. The molecule has 0 bridgehead atoms. The Morgan fingerprint density at radius 3 is 2.85 bits per heavy atom. The molecule has 1 saturated carbocycles. The third kappa shape index (κ3) is 3.11. The number of rotatable bonds is 4. The summed E-state index contributed by atoms with van der Waals surface area (Å²) in [6.07, 6.45) is 6.98. The number of fused-ring (bicyclic) bond motifs is 1. The Bertz CT molecular complexity index is 966. The van der Waals surface area contributed by atoms with E-state index in [1.165, 1.54) is 41.9 Å². The van der Waals surface area contributed by atoms with Crippen molar-refractivity contribution in [2.45, 2.75) is 50.6 Å². The molecule has 1 saturated heterocycles. The minimum atomic E-state index is 0.397. The van der Waals surface area contributed by atoms with Crippen LogP contribution in [0, 0.1) is 0 Å². The number of hydrogen-bond donors (Lipinski definition) is 0. The summed E-state index contributed by atoms with van der Waals surface area (Å²) in [7, 11) is 1.59. The van der Waals surface area contributed by atoms with Crippen LogP contribution in [0.5, 0.6) is 6.01 Å². The molecule has 27 heavy (non-hydrogen) atoms. The molecule has 0 unspecified atom stereocenters. The zero-order chi connectivity index (χ0) is 18.4. The van der Waals surface area contributed by atoms with Gasteiger partial charge in [0.15, 0.2) is 0 Å². The van der Waals surface area contributed by atoms with Crippen LogP contribution in [0.3, 0.4) is 0 Å². The van der Waals surface area contributed by atoms with Crippen LogP contribution in [0.2, 0.25) is 0 Å². The fourth-order valence-electron chi connectivity index (χ4n) is 4.43. The summed E-state index contributed by atoms with van der Waals surface area (Å²) in [4.78, 5) is 16.2. The summed E-state index contributed by atoms with van der Waals surface area (Å²) in [5.41, 5.74) is 3.05. The molecule has 140 valence electrons. The molecule has 6 heteroatoms. The standard InChI is InChI=1S/C21H24N4OS/c1-13-4-3-9-25(13)16-10-15(11-16)20-23-18-6-5-14(12-19(18)27-20)17-7-8-22-21(24-17)26-2/h5-8,12-13,15-16H,3-4,9-11H2,1-2H3/t13-,15?,16?/m0/s1. The van der Waals surface area contributed by atoms with Gasteiger partial charge in [-0.05, 0) is 57.4 Å². The van der Waals surface area contributed by atoms with E-state index in [4.69, 9.17) is 9.72 Å². The van der Waals surface area contributed by atoms with Crippen molar-refractivity contribution in [2.75, 3.05) is 13.7 Å². The first-order valence-electron chi connectivity index (χ1n) is 9.75. The highest BCUT2D eigenvalue weighted by atomic mass is 32.1. The minimum Gasteiger partial charge on any atom is -0.467 e. The molecule has 5 rings (SSSR count). The maximum atomic E-state index is 5.15. The summed E-state index contributed by atoms with van der Waals surface area (Å²) in [5.74, 6) is 0.628. The van der Waals surface area contributed by atoms with E-state index in [-0.39, 0.29) is 0 Å². The van der Waals surface area contributed by atoms with Gasteiger partial charge in [-0.25, -0.2) is 9.97 Å². The molecular formula is C21H24N4OS. The first-order chi connectivity index (χ1) is 13.2. The van der Waals surface area contributed by atoms with Crippen molar-refractivity contribution in [1.29, 1.82) is 0 Å². The summed E-state index contributed by atoms with van der Waals surface area (Å²) < 4.78 is 6.38. The van der Waals surface area contributed by atoms with Gasteiger partial charge in [-0.3, -0.25) is 4.90 Å². The number of thiazole rings is 1. The highest BCUT2D eigenvalue weighted by molar-refractivity contribution is 7.18. The number of aromatic nitrogens is 3. The van der Waals surface area contributed by atoms with Gasteiger partial charge in [0.2, 0.25) is 0 Å². The van der Waals surface area contributed by atoms with Crippen molar-refractivity contribution in [1.82, 2.24) is 19.9 Å². The van der Waals surface area contributed by atoms with Crippen molar-refractivity contribution in [2.24, 2.45) is 0 Å². The van der Waals surface area contributed by atoms with Crippen molar-refractivity contribution < 1.29 is 4.74 Å². The maximum absolute atomic E-state index is 5.15. The van der Waals surface area contributed by atoms with E-state index in [0.717, 1.165) is 28.9 Å². The van der Waals surface area contributed by atoms with Crippen LogP contribution in [0.4, 0.5) is 0 Å². The Kier molecular flexibility index (Phi) is 4.32. The van der Waals surface area contributed by atoms with Gasteiger partial charge in [-0.2, -0.15) is 4.98 Å². The minimum absolute atomic E-state index is 0.397.